The average Bonchev–Trinajstić information content (AvgIpc) is 2.88. The second kappa shape index (κ2) is 11.5. The Bertz CT molecular complexity index is 1560. The van der Waals surface area contributed by atoms with Crippen molar-refractivity contribution >= 4 is 38.1 Å². The summed E-state index contributed by atoms with van der Waals surface area (Å²) in [7, 11) is -3.52. The lowest BCUT2D eigenvalue weighted by Crippen LogP contribution is -2.45. The molecule has 1 aliphatic rings. The number of aromatic nitrogens is 1. The minimum Gasteiger partial charge on any atom is -0.490 e. The summed E-state index contributed by atoms with van der Waals surface area (Å²) in [6.45, 7) is 1.76. The Morgan fingerprint density at radius 1 is 1.26 bits per heavy atom. The van der Waals surface area contributed by atoms with Gasteiger partial charge < -0.3 is 25.0 Å². The second-order valence-corrected chi connectivity index (χ2v) is 11.7. The molecule has 38 heavy (non-hydrogen) atoms. The van der Waals surface area contributed by atoms with Gasteiger partial charge in [0, 0.05) is 55.5 Å². The van der Waals surface area contributed by atoms with Gasteiger partial charge in [-0.1, -0.05) is 17.7 Å². The third kappa shape index (κ3) is 6.52. The normalized spacial score (nSPS) is 15.6. The number of likely N-dealkylation sites (tertiary alicyclic amines) is 1. The number of carbonyl (C=O) groups is 1. The molecule has 10 nitrogen and oxygen atoms in total. The number of carbonyl (C=O) groups excluding carboxylic acids is 1. The van der Waals surface area contributed by atoms with Crippen molar-refractivity contribution in [3.05, 3.63) is 69.1 Å². The number of aliphatic hydroxyl groups excluding tert-OH is 1. The number of sulfone groups is 1. The number of ether oxygens (including phenoxy) is 1. The second-order valence-electron chi connectivity index (χ2n) is 9.25. The summed E-state index contributed by atoms with van der Waals surface area (Å²) in [5, 5.41) is 22.9. The Balaban J connectivity index is 1.29. The molecule has 0 unspecified atom stereocenters. The van der Waals surface area contributed by atoms with Gasteiger partial charge in [-0.2, -0.15) is 5.26 Å². The largest absolute Gasteiger partial charge is 0.490 e. The first kappa shape index (κ1) is 27.6. The molecule has 0 radical (unpaired) electrons. The lowest BCUT2D eigenvalue weighted by Gasteiger charge is -2.33. The number of piperidine rings is 1. The van der Waals surface area contributed by atoms with Crippen molar-refractivity contribution in [2.75, 3.05) is 32.4 Å². The van der Waals surface area contributed by atoms with E-state index in [1.54, 1.807) is 18.2 Å². The summed E-state index contributed by atoms with van der Waals surface area (Å²) >= 11 is 6.07. The molecule has 2 aromatic carbocycles. The van der Waals surface area contributed by atoms with E-state index in [-0.39, 0.29) is 28.5 Å². The molecule has 0 bridgehead atoms. The number of aromatic amines is 1. The fourth-order valence-electron chi connectivity index (χ4n) is 4.39. The number of hydrogen-bond acceptors (Lipinski definition) is 8. The summed E-state index contributed by atoms with van der Waals surface area (Å²) in [6, 6.07) is 11.0. The number of benzene rings is 2. The van der Waals surface area contributed by atoms with Crippen LogP contribution in [0.2, 0.25) is 5.02 Å². The number of nitrogens with zero attached hydrogens (tertiary/aromatic N) is 2. The third-order valence-electron chi connectivity index (χ3n) is 6.41. The molecule has 200 valence electrons. The molecule has 0 spiro atoms. The van der Waals surface area contributed by atoms with Gasteiger partial charge in [-0.05, 0) is 37.1 Å². The Kier molecular flexibility index (Phi) is 8.38. The highest BCUT2D eigenvalue weighted by molar-refractivity contribution is 7.90. The van der Waals surface area contributed by atoms with Crippen LogP contribution < -0.4 is 15.6 Å². The van der Waals surface area contributed by atoms with Crippen LogP contribution in [-0.2, 0) is 9.84 Å². The summed E-state index contributed by atoms with van der Waals surface area (Å²) in [5.41, 5.74) is 0.0641. The summed E-state index contributed by atoms with van der Waals surface area (Å²) in [4.78, 5) is 29.6. The van der Waals surface area contributed by atoms with Gasteiger partial charge >= 0.3 is 0 Å². The number of amides is 1. The van der Waals surface area contributed by atoms with Gasteiger partial charge in [0.25, 0.3) is 11.5 Å². The van der Waals surface area contributed by atoms with Crippen LogP contribution in [0.1, 0.15) is 28.8 Å². The zero-order valence-corrected chi connectivity index (χ0v) is 22.2. The molecule has 0 saturated carbocycles. The molecule has 1 fully saturated rings. The van der Waals surface area contributed by atoms with Gasteiger partial charge in [0.2, 0.25) is 0 Å². The highest BCUT2D eigenvalue weighted by atomic mass is 35.5. The SMILES string of the molecule is CS(=O)(=O)c1ccc2c(C(=O)NC[C@@H](O)CN3CCC(Oc4ccc(C#N)c(Cl)c4)CC3)c[nH]c(=O)c2c1. The summed E-state index contributed by atoms with van der Waals surface area (Å²) in [6.07, 6.45) is 2.98. The summed E-state index contributed by atoms with van der Waals surface area (Å²) in [5.74, 6) is 0.114. The van der Waals surface area contributed by atoms with Gasteiger partial charge in [0.15, 0.2) is 9.84 Å². The molecule has 12 heteroatoms. The predicted octanol–water partition coefficient (Wildman–Crippen LogP) is 2.09. The highest BCUT2D eigenvalue weighted by Gasteiger charge is 2.23. The van der Waals surface area contributed by atoms with Crippen molar-refractivity contribution in [1.29, 1.82) is 5.26 Å². The van der Waals surface area contributed by atoms with Crippen molar-refractivity contribution in [3.63, 3.8) is 0 Å². The fourth-order valence-corrected chi connectivity index (χ4v) is 5.25. The maximum atomic E-state index is 12.8. The minimum atomic E-state index is -3.52. The molecule has 0 aliphatic carbocycles. The first-order valence-electron chi connectivity index (χ1n) is 12.0. The van der Waals surface area contributed by atoms with E-state index in [4.69, 9.17) is 21.6 Å². The highest BCUT2D eigenvalue weighted by Crippen LogP contribution is 2.25. The van der Waals surface area contributed by atoms with Gasteiger partial charge in [0.1, 0.15) is 17.9 Å². The Morgan fingerprint density at radius 3 is 2.66 bits per heavy atom. The lowest BCUT2D eigenvalue weighted by atomic mass is 10.1. The van der Waals surface area contributed by atoms with Crippen LogP contribution in [0.25, 0.3) is 10.8 Å². The van der Waals surface area contributed by atoms with E-state index in [1.165, 1.54) is 24.4 Å². The standard InChI is InChI=1S/C26H27ClN4O6S/c1-38(35,36)20-4-5-21-22(11-20)25(33)30-14-23(21)26(34)29-13-17(32)15-31-8-6-18(7-9-31)37-19-3-2-16(12-28)24(27)10-19/h2-5,10-11,14,17-18,32H,6-9,13,15H2,1H3,(H,29,34)(H,30,33)/t17-/m1/s1. The Labute approximate surface area is 224 Å². The number of nitrogens with one attached hydrogen (secondary N) is 2. The van der Waals surface area contributed by atoms with Gasteiger partial charge in [-0.3, -0.25) is 9.59 Å². The number of aliphatic hydroxyl groups is 1. The van der Waals surface area contributed by atoms with Gasteiger partial charge in [-0.15, -0.1) is 0 Å². The van der Waals surface area contributed by atoms with Crippen LogP contribution in [0.5, 0.6) is 5.75 Å². The van der Waals surface area contributed by atoms with E-state index >= 15 is 0 Å². The van der Waals surface area contributed by atoms with Crippen molar-refractivity contribution < 1.29 is 23.1 Å². The quantitative estimate of drug-likeness (QED) is 0.380. The maximum Gasteiger partial charge on any atom is 0.255 e. The molecule has 2 heterocycles. The molecular formula is C26H27ClN4O6S. The molecule has 1 atom stereocenters. The molecule has 1 aliphatic heterocycles. The van der Waals surface area contributed by atoms with Crippen LogP contribution in [0.4, 0.5) is 0 Å². The number of hydrogen-bond donors (Lipinski definition) is 3. The zero-order valence-electron chi connectivity index (χ0n) is 20.6. The maximum absolute atomic E-state index is 12.8. The first-order valence-corrected chi connectivity index (χ1v) is 14.2. The monoisotopic (exact) mass is 558 g/mol. The molecule has 3 N–H and O–H groups in total. The van der Waals surface area contributed by atoms with E-state index in [0.717, 1.165) is 19.1 Å². The molecule has 4 rings (SSSR count). The third-order valence-corrected chi connectivity index (χ3v) is 7.83. The van der Waals surface area contributed by atoms with Crippen molar-refractivity contribution in [1.82, 2.24) is 15.2 Å². The van der Waals surface area contributed by atoms with E-state index in [0.29, 0.717) is 41.4 Å². The van der Waals surface area contributed by atoms with E-state index in [9.17, 15) is 23.1 Å². The number of β-amino-alcohol motifs (C(OH)–C–C–N with tert-alkyl or cyclic N) is 1. The number of fused-ring (bicyclic) bond motifs is 1. The van der Waals surface area contributed by atoms with Crippen LogP contribution >= 0.6 is 11.6 Å². The smallest absolute Gasteiger partial charge is 0.255 e. The molecule has 1 aromatic heterocycles. The van der Waals surface area contributed by atoms with Crippen molar-refractivity contribution in [2.24, 2.45) is 0 Å². The van der Waals surface area contributed by atoms with Crippen molar-refractivity contribution in [3.8, 4) is 11.8 Å². The van der Waals surface area contributed by atoms with E-state index < -0.39 is 27.4 Å². The number of pyridine rings is 1. The number of nitriles is 1. The van der Waals surface area contributed by atoms with E-state index in [2.05, 4.69) is 15.2 Å². The van der Waals surface area contributed by atoms with Crippen LogP contribution in [0, 0.1) is 11.3 Å². The number of rotatable bonds is 8. The van der Waals surface area contributed by atoms with Gasteiger partial charge in [0.05, 0.1) is 27.1 Å². The Morgan fingerprint density at radius 2 is 2.00 bits per heavy atom. The topological polar surface area (TPSA) is 153 Å². The van der Waals surface area contributed by atoms with E-state index in [1.807, 2.05) is 6.07 Å². The lowest BCUT2D eigenvalue weighted by molar-refractivity contribution is 0.0594. The van der Waals surface area contributed by atoms with Crippen LogP contribution in [-0.4, -0.2) is 74.0 Å². The fraction of sp³-hybridized carbons (Fsp3) is 0.346. The van der Waals surface area contributed by atoms with Gasteiger partial charge in [-0.25, -0.2) is 8.42 Å². The van der Waals surface area contributed by atoms with Crippen LogP contribution in [0.15, 0.2) is 52.3 Å². The zero-order chi connectivity index (χ0) is 27.4. The number of H-pyrrole nitrogens is 1. The minimum absolute atomic E-state index is 0.00104. The molecule has 1 saturated heterocycles. The predicted molar refractivity (Wildman–Crippen MR) is 142 cm³/mol. The van der Waals surface area contributed by atoms with Crippen LogP contribution in [0.3, 0.4) is 0 Å². The van der Waals surface area contributed by atoms with Crippen molar-refractivity contribution in [2.45, 2.75) is 29.9 Å². The average molecular weight is 559 g/mol. The number of halogens is 1. The first-order chi connectivity index (χ1) is 18.0. The molecule has 1 amide bonds. The molecular weight excluding hydrogens is 532 g/mol. The summed E-state index contributed by atoms with van der Waals surface area (Å²) < 4.78 is 29.7. The Hall–Kier alpha value is -3.43. The molecule has 3 aromatic rings.